The lowest BCUT2D eigenvalue weighted by Gasteiger charge is -2.17. The Morgan fingerprint density at radius 2 is 1.90 bits per heavy atom. The number of thiazole rings is 1. The fourth-order valence-electron chi connectivity index (χ4n) is 3.58. The molecule has 14 nitrogen and oxygen atoms in total. The first-order chi connectivity index (χ1) is 19.1. The van der Waals surface area contributed by atoms with E-state index in [-0.39, 0.29) is 37.1 Å². The first-order valence-corrected chi connectivity index (χ1v) is 14.2. The number of nitrogens with one attached hydrogen (secondary N) is 1. The van der Waals surface area contributed by atoms with Gasteiger partial charge in [0.05, 0.1) is 30.1 Å². The van der Waals surface area contributed by atoms with Crippen molar-refractivity contribution in [2.45, 2.75) is 30.0 Å². The molecule has 0 radical (unpaired) electrons. The van der Waals surface area contributed by atoms with Crippen molar-refractivity contribution in [1.82, 2.24) is 25.3 Å². The lowest BCUT2D eigenvalue weighted by atomic mass is 10.1. The Morgan fingerprint density at radius 3 is 2.60 bits per heavy atom. The molecule has 2 aromatic heterocycles. The van der Waals surface area contributed by atoms with E-state index < -0.39 is 27.9 Å². The first kappa shape index (κ1) is 28.9. The molecular weight excluding hydrogens is 564 g/mol. The Balaban J connectivity index is 1.32. The van der Waals surface area contributed by atoms with Gasteiger partial charge in [0.2, 0.25) is 10.2 Å². The Kier molecular flexibility index (Phi) is 9.26. The van der Waals surface area contributed by atoms with E-state index in [9.17, 15) is 18.0 Å². The number of rotatable bonds is 13. The molecule has 0 fully saturated rings. The number of esters is 1. The number of nitrogens with two attached hydrogens (primary N) is 1. The van der Waals surface area contributed by atoms with Crippen molar-refractivity contribution in [3.63, 3.8) is 0 Å². The minimum absolute atomic E-state index is 0.0385. The highest BCUT2D eigenvalue weighted by Crippen LogP contribution is 2.28. The summed E-state index contributed by atoms with van der Waals surface area (Å²) >= 11 is 0.936. The van der Waals surface area contributed by atoms with Gasteiger partial charge in [-0.05, 0) is 35.9 Å². The molecule has 0 aliphatic rings. The van der Waals surface area contributed by atoms with Crippen molar-refractivity contribution in [2.75, 3.05) is 20.3 Å². The van der Waals surface area contributed by atoms with Crippen LogP contribution in [0.25, 0.3) is 10.2 Å². The average Bonchev–Trinajstić information content (AvgIpc) is 3.57. The van der Waals surface area contributed by atoms with Gasteiger partial charge in [-0.2, -0.15) is 0 Å². The Hall–Kier alpha value is -4.12. The molecule has 40 heavy (non-hydrogen) atoms. The summed E-state index contributed by atoms with van der Waals surface area (Å²) < 4.78 is 40.6. The van der Waals surface area contributed by atoms with Crippen molar-refractivity contribution < 1.29 is 37.3 Å². The zero-order chi connectivity index (χ0) is 28.7. The monoisotopic (exact) mass is 590 g/mol. The molecule has 212 valence electrons. The predicted octanol–water partition coefficient (Wildman–Crippen LogP) is 0.386. The van der Waals surface area contributed by atoms with Crippen LogP contribution in [0.4, 0.5) is 0 Å². The van der Waals surface area contributed by atoms with Crippen molar-refractivity contribution in [1.29, 1.82) is 0 Å². The van der Waals surface area contributed by atoms with Crippen molar-refractivity contribution in [2.24, 2.45) is 5.14 Å². The Bertz CT molecular complexity index is 1590. The fraction of sp³-hybridized carbons (Fsp3) is 0.292. The molecule has 0 aliphatic carbocycles. The van der Waals surface area contributed by atoms with E-state index in [1.165, 1.54) is 18.0 Å². The van der Waals surface area contributed by atoms with Crippen LogP contribution >= 0.6 is 11.3 Å². The van der Waals surface area contributed by atoms with Crippen molar-refractivity contribution >= 4 is 43.5 Å². The largest absolute Gasteiger partial charge is 0.491 e. The standard InChI is InChI=1S/C24H26N6O8S2/c1-36-23(33)20(10-15-2-4-17(5-3-15)37-9-8-31)26-22(32)13-30-12-16(28-29-30)14-38-18-6-7-19-21(11-18)39-24(27-19)40(25,34)35/h2-7,11-12,20,31H,8-10,13-14H2,1H3,(H,26,32)(H2,25,34,35). The second-order valence-corrected chi connectivity index (χ2v) is 11.2. The summed E-state index contributed by atoms with van der Waals surface area (Å²) in [4.78, 5) is 28.9. The average molecular weight is 591 g/mol. The molecule has 1 unspecified atom stereocenters. The van der Waals surface area contributed by atoms with E-state index in [0.29, 0.717) is 27.4 Å². The van der Waals surface area contributed by atoms with Gasteiger partial charge in [-0.25, -0.2) is 28.0 Å². The van der Waals surface area contributed by atoms with Gasteiger partial charge in [-0.15, -0.1) is 16.4 Å². The van der Waals surface area contributed by atoms with Crippen molar-refractivity contribution in [3.8, 4) is 11.5 Å². The number of nitrogens with zero attached hydrogens (tertiary/aromatic N) is 4. The van der Waals surface area contributed by atoms with Gasteiger partial charge in [-0.3, -0.25) is 4.79 Å². The van der Waals surface area contributed by atoms with Crippen LogP contribution in [0.15, 0.2) is 53.0 Å². The maximum Gasteiger partial charge on any atom is 0.328 e. The number of sulfonamides is 1. The summed E-state index contributed by atoms with van der Waals surface area (Å²) in [6.07, 6.45) is 1.72. The molecular formula is C24H26N6O8S2. The highest BCUT2D eigenvalue weighted by molar-refractivity contribution is 7.91. The molecule has 2 heterocycles. The number of ether oxygens (including phenoxy) is 3. The van der Waals surface area contributed by atoms with Crippen LogP contribution in [0, 0.1) is 0 Å². The summed E-state index contributed by atoms with van der Waals surface area (Å²) in [7, 11) is -2.66. The van der Waals surface area contributed by atoms with E-state index in [2.05, 4.69) is 20.6 Å². The third kappa shape index (κ3) is 7.72. The Labute approximate surface area is 232 Å². The molecule has 1 atom stereocenters. The fourth-order valence-corrected chi connectivity index (χ4v) is 5.26. The molecule has 0 spiro atoms. The van der Waals surface area contributed by atoms with Crippen LogP contribution in [0.2, 0.25) is 0 Å². The lowest BCUT2D eigenvalue weighted by molar-refractivity contribution is -0.145. The number of carbonyl (C=O) groups is 2. The summed E-state index contributed by atoms with van der Waals surface area (Å²) in [6, 6.07) is 10.9. The smallest absolute Gasteiger partial charge is 0.328 e. The van der Waals surface area contributed by atoms with E-state index in [4.69, 9.17) is 24.5 Å². The van der Waals surface area contributed by atoms with Crippen LogP contribution in [-0.4, -0.2) is 71.7 Å². The molecule has 0 saturated carbocycles. The van der Waals surface area contributed by atoms with Crippen molar-refractivity contribution in [3.05, 3.63) is 59.9 Å². The van der Waals surface area contributed by atoms with Gasteiger partial charge in [0.1, 0.15) is 43.0 Å². The molecule has 1 amide bonds. The number of carbonyl (C=O) groups excluding carboxylic acids is 2. The summed E-state index contributed by atoms with van der Waals surface area (Å²) in [5.74, 6) is -0.0475. The number of hydrogen-bond acceptors (Lipinski definition) is 12. The van der Waals surface area contributed by atoms with Crippen LogP contribution in [0.3, 0.4) is 0 Å². The van der Waals surface area contributed by atoms with Gasteiger partial charge in [-0.1, -0.05) is 17.3 Å². The molecule has 0 aliphatic heterocycles. The molecule has 0 bridgehead atoms. The molecule has 4 N–H and O–H groups in total. The summed E-state index contributed by atoms with van der Waals surface area (Å²) in [6.45, 7) is -0.0913. The maximum absolute atomic E-state index is 12.7. The Morgan fingerprint density at radius 1 is 1.15 bits per heavy atom. The normalized spacial score (nSPS) is 12.2. The van der Waals surface area contributed by atoms with E-state index in [1.54, 1.807) is 42.5 Å². The number of aliphatic hydroxyl groups is 1. The predicted molar refractivity (Wildman–Crippen MR) is 142 cm³/mol. The first-order valence-electron chi connectivity index (χ1n) is 11.8. The third-order valence-electron chi connectivity index (χ3n) is 5.41. The molecule has 4 aromatic rings. The number of amides is 1. The van der Waals surface area contributed by atoms with Gasteiger partial charge in [0, 0.05) is 6.42 Å². The molecule has 2 aromatic carbocycles. The number of aliphatic hydroxyl groups excluding tert-OH is 1. The molecule has 0 saturated heterocycles. The number of primary sulfonamides is 1. The third-order valence-corrected chi connectivity index (χ3v) is 7.74. The number of benzene rings is 2. The highest BCUT2D eigenvalue weighted by Gasteiger charge is 2.22. The minimum atomic E-state index is -3.90. The van der Waals surface area contributed by atoms with Crippen LogP contribution in [0.1, 0.15) is 11.3 Å². The van der Waals surface area contributed by atoms with Gasteiger partial charge < -0.3 is 24.6 Å². The number of fused-ring (bicyclic) bond motifs is 1. The minimum Gasteiger partial charge on any atom is -0.491 e. The molecule has 4 rings (SSSR count). The van der Waals surface area contributed by atoms with Crippen LogP contribution < -0.4 is 19.9 Å². The maximum atomic E-state index is 12.7. The topological polar surface area (TPSA) is 198 Å². The zero-order valence-corrected chi connectivity index (χ0v) is 22.9. The van der Waals surface area contributed by atoms with Gasteiger partial charge in [0.15, 0.2) is 0 Å². The van der Waals surface area contributed by atoms with Gasteiger partial charge >= 0.3 is 5.97 Å². The number of methoxy groups -OCH3 is 1. The number of aromatic nitrogens is 4. The second kappa shape index (κ2) is 12.8. The summed E-state index contributed by atoms with van der Waals surface area (Å²) in [5.41, 5.74) is 1.69. The SMILES string of the molecule is COC(=O)C(Cc1ccc(OCCO)cc1)NC(=O)Cn1cc(COc2ccc3nc(S(N)(=O)=O)sc3c2)nn1. The second-order valence-electron chi connectivity index (χ2n) is 8.41. The van der Waals surface area contributed by atoms with E-state index in [0.717, 1.165) is 16.9 Å². The highest BCUT2D eigenvalue weighted by atomic mass is 32.2. The zero-order valence-electron chi connectivity index (χ0n) is 21.2. The molecule has 16 heteroatoms. The van der Waals surface area contributed by atoms with E-state index in [1.807, 2.05) is 0 Å². The number of hydrogen-bond donors (Lipinski definition) is 3. The lowest BCUT2D eigenvalue weighted by Crippen LogP contribution is -2.44. The van der Waals surface area contributed by atoms with Crippen LogP contribution in [-0.2, 0) is 43.9 Å². The van der Waals surface area contributed by atoms with Gasteiger partial charge in [0.25, 0.3) is 10.0 Å². The van der Waals surface area contributed by atoms with Crippen LogP contribution in [0.5, 0.6) is 11.5 Å². The quantitative estimate of drug-likeness (QED) is 0.182. The van der Waals surface area contributed by atoms with E-state index >= 15 is 0 Å². The summed E-state index contributed by atoms with van der Waals surface area (Å²) in [5, 5.41) is 24.6.